The number of hydrogen-bond acceptors (Lipinski definition) is 7. The third kappa shape index (κ3) is 5.58. The summed E-state index contributed by atoms with van der Waals surface area (Å²) < 4.78 is 38.2. The zero-order valence-electron chi connectivity index (χ0n) is 20.1. The molecule has 0 bridgehead atoms. The quantitative estimate of drug-likeness (QED) is 0.155. The first kappa shape index (κ1) is 27.3. The molecule has 4 aromatic rings. The smallest absolute Gasteiger partial charge is 0.296 e. The number of benzene rings is 4. The molecule has 12 heteroatoms. The maximum absolute atomic E-state index is 13.2. The van der Waals surface area contributed by atoms with Crippen LogP contribution >= 0.6 is 23.2 Å². The number of amides is 1. The van der Waals surface area contributed by atoms with Crippen molar-refractivity contribution in [2.75, 3.05) is 11.9 Å². The van der Waals surface area contributed by atoms with Gasteiger partial charge in [0.05, 0.1) is 27.9 Å². The summed E-state index contributed by atoms with van der Waals surface area (Å²) >= 11 is 12.5. The average molecular weight is 574 g/mol. The number of carbonyl (C=O) groups excluding carboxylic acids is 1. The normalized spacial score (nSPS) is 11.7. The second-order valence-corrected chi connectivity index (χ2v) is 10.3. The van der Waals surface area contributed by atoms with Gasteiger partial charge in [0.15, 0.2) is 5.75 Å². The third-order valence-electron chi connectivity index (χ3n) is 5.55. The number of carbonyl (C=O) groups is 1. The van der Waals surface area contributed by atoms with Crippen molar-refractivity contribution in [1.82, 2.24) is 0 Å². The Kier molecular flexibility index (Phi) is 7.89. The molecule has 9 nitrogen and oxygen atoms in total. The van der Waals surface area contributed by atoms with Gasteiger partial charge in [0.25, 0.3) is 16.0 Å². The van der Waals surface area contributed by atoms with E-state index in [0.717, 1.165) is 6.07 Å². The SMILES string of the molecule is CCOc1ccc(NC(=O)c2cc3ccccc3c(N=Nc3c(C)ccc(S(=O)(=O)O)c3Cl)c2O)c(Cl)c1. The van der Waals surface area contributed by atoms with Crippen LogP contribution in [0.2, 0.25) is 10.0 Å². The van der Waals surface area contributed by atoms with E-state index in [0.29, 0.717) is 34.4 Å². The minimum Gasteiger partial charge on any atom is -0.505 e. The number of aromatic hydroxyl groups is 1. The van der Waals surface area contributed by atoms with E-state index in [9.17, 15) is 22.9 Å². The van der Waals surface area contributed by atoms with Crippen LogP contribution in [0.3, 0.4) is 0 Å². The molecule has 4 aromatic carbocycles. The van der Waals surface area contributed by atoms with Gasteiger partial charge in [0, 0.05) is 11.5 Å². The van der Waals surface area contributed by atoms with Crippen molar-refractivity contribution in [3.8, 4) is 11.5 Å². The summed E-state index contributed by atoms with van der Waals surface area (Å²) in [4.78, 5) is 12.6. The summed E-state index contributed by atoms with van der Waals surface area (Å²) in [6.07, 6.45) is 0. The number of phenolic OH excluding ortho intramolecular Hbond substituents is 1. The lowest BCUT2D eigenvalue weighted by molar-refractivity contribution is 0.102. The highest BCUT2D eigenvalue weighted by atomic mass is 35.5. The van der Waals surface area contributed by atoms with Crippen LogP contribution in [0.4, 0.5) is 17.1 Å². The number of halogens is 2. The van der Waals surface area contributed by atoms with E-state index in [-0.39, 0.29) is 27.0 Å². The molecule has 0 saturated heterocycles. The van der Waals surface area contributed by atoms with Crippen molar-refractivity contribution >= 4 is 67.1 Å². The molecule has 0 radical (unpaired) electrons. The topological polar surface area (TPSA) is 138 Å². The molecular formula is C26H21Cl2N3O6S. The van der Waals surface area contributed by atoms with E-state index in [4.69, 9.17) is 27.9 Å². The molecule has 0 heterocycles. The van der Waals surface area contributed by atoms with Crippen LogP contribution in [0.1, 0.15) is 22.8 Å². The predicted molar refractivity (Wildman–Crippen MR) is 146 cm³/mol. The second-order valence-electron chi connectivity index (χ2n) is 8.09. The highest BCUT2D eigenvalue weighted by Crippen LogP contribution is 2.42. The molecule has 4 rings (SSSR count). The van der Waals surface area contributed by atoms with E-state index in [1.807, 2.05) is 6.92 Å². The molecule has 0 aliphatic heterocycles. The van der Waals surface area contributed by atoms with E-state index < -0.39 is 26.7 Å². The zero-order chi connectivity index (χ0) is 27.6. The largest absolute Gasteiger partial charge is 0.505 e. The summed E-state index contributed by atoms with van der Waals surface area (Å²) in [5.41, 5.74) is 0.603. The summed E-state index contributed by atoms with van der Waals surface area (Å²) in [7, 11) is -4.61. The summed E-state index contributed by atoms with van der Waals surface area (Å²) in [5, 5.41) is 22.9. The monoisotopic (exact) mass is 573 g/mol. The van der Waals surface area contributed by atoms with Crippen LogP contribution in [0.5, 0.6) is 11.5 Å². The Hall–Kier alpha value is -3.70. The zero-order valence-corrected chi connectivity index (χ0v) is 22.4. The first-order valence-corrected chi connectivity index (χ1v) is 13.4. The van der Waals surface area contributed by atoms with Gasteiger partial charge in [-0.3, -0.25) is 9.35 Å². The van der Waals surface area contributed by atoms with Crippen molar-refractivity contribution in [1.29, 1.82) is 0 Å². The third-order valence-corrected chi connectivity index (χ3v) is 7.25. The number of aryl methyl sites for hydroxylation is 1. The van der Waals surface area contributed by atoms with Crippen LogP contribution in [-0.4, -0.2) is 30.6 Å². The first-order valence-electron chi connectivity index (χ1n) is 11.2. The summed E-state index contributed by atoms with van der Waals surface area (Å²) in [6.45, 7) is 3.91. The van der Waals surface area contributed by atoms with Gasteiger partial charge < -0.3 is 15.2 Å². The first-order chi connectivity index (χ1) is 18.0. The number of anilines is 1. The average Bonchev–Trinajstić information content (AvgIpc) is 2.85. The fourth-order valence-electron chi connectivity index (χ4n) is 3.70. The number of hydrogen-bond donors (Lipinski definition) is 3. The highest BCUT2D eigenvalue weighted by Gasteiger charge is 2.21. The van der Waals surface area contributed by atoms with Crippen LogP contribution < -0.4 is 10.1 Å². The maximum Gasteiger partial charge on any atom is 0.296 e. The Labute approximate surface area is 228 Å². The molecule has 0 saturated carbocycles. The Morgan fingerprint density at radius 1 is 1.03 bits per heavy atom. The molecule has 0 spiro atoms. The van der Waals surface area contributed by atoms with E-state index in [2.05, 4.69) is 15.5 Å². The number of ether oxygens (including phenoxy) is 1. The number of nitrogens with one attached hydrogen (secondary N) is 1. The Bertz CT molecular complexity index is 1710. The van der Waals surface area contributed by atoms with Crippen molar-refractivity contribution in [2.24, 2.45) is 10.2 Å². The molecule has 196 valence electrons. The maximum atomic E-state index is 13.2. The Morgan fingerprint density at radius 3 is 2.42 bits per heavy atom. The highest BCUT2D eigenvalue weighted by molar-refractivity contribution is 7.86. The van der Waals surface area contributed by atoms with Crippen LogP contribution in [0.15, 0.2) is 75.8 Å². The molecule has 3 N–H and O–H groups in total. The van der Waals surface area contributed by atoms with Crippen LogP contribution in [0, 0.1) is 6.92 Å². The predicted octanol–water partition coefficient (Wildman–Crippen LogP) is 7.47. The minimum absolute atomic E-state index is 0.0266. The molecule has 0 aliphatic carbocycles. The molecular weight excluding hydrogens is 553 g/mol. The van der Waals surface area contributed by atoms with Crippen LogP contribution in [0.25, 0.3) is 10.8 Å². The second kappa shape index (κ2) is 11.0. The van der Waals surface area contributed by atoms with Gasteiger partial charge in [-0.1, -0.05) is 53.5 Å². The lowest BCUT2D eigenvalue weighted by Gasteiger charge is -2.13. The minimum atomic E-state index is -4.61. The molecule has 0 aliphatic rings. The molecule has 0 unspecified atom stereocenters. The Morgan fingerprint density at radius 2 is 1.74 bits per heavy atom. The number of azo groups is 1. The van der Waals surface area contributed by atoms with Gasteiger partial charge in [-0.25, -0.2) is 0 Å². The van der Waals surface area contributed by atoms with Crippen molar-refractivity contribution in [2.45, 2.75) is 18.7 Å². The Balaban J connectivity index is 1.79. The molecule has 1 amide bonds. The molecule has 0 atom stereocenters. The number of fused-ring (bicyclic) bond motifs is 1. The van der Waals surface area contributed by atoms with Crippen molar-refractivity contribution in [3.05, 3.63) is 81.8 Å². The molecule has 38 heavy (non-hydrogen) atoms. The summed E-state index contributed by atoms with van der Waals surface area (Å²) in [6, 6.07) is 15.7. The van der Waals surface area contributed by atoms with Gasteiger partial charge in [-0.05, 0) is 49.1 Å². The number of phenols is 1. The van der Waals surface area contributed by atoms with Crippen LogP contribution in [-0.2, 0) is 10.1 Å². The fourth-order valence-corrected chi connectivity index (χ4v) is 5.02. The number of nitrogens with zero attached hydrogens (tertiary/aromatic N) is 2. The number of rotatable bonds is 7. The van der Waals surface area contributed by atoms with Gasteiger partial charge in [0.1, 0.15) is 22.0 Å². The van der Waals surface area contributed by atoms with Gasteiger partial charge in [0.2, 0.25) is 0 Å². The van der Waals surface area contributed by atoms with Gasteiger partial charge >= 0.3 is 0 Å². The standard InChI is InChI=1S/C26H21Cl2N3O6S/c1-3-37-16-9-10-20(19(27)13-16)29-26(33)18-12-15-6-4-5-7-17(15)24(25(18)32)31-30-23-14(2)8-11-21(22(23)28)38(34,35)36/h4-13,32H,3H2,1-2H3,(H,29,33)(H,34,35,36). The van der Waals surface area contributed by atoms with Gasteiger partial charge in [-0.2, -0.15) is 8.42 Å². The lowest BCUT2D eigenvalue weighted by Crippen LogP contribution is -2.12. The van der Waals surface area contributed by atoms with E-state index in [1.165, 1.54) is 12.1 Å². The molecule has 0 aromatic heterocycles. The van der Waals surface area contributed by atoms with Crippen molar-refractivity contribution < 1.29 is 27.6 Å². The molecule has 0 fully saturated rings. The lowest BCUT2D eigenvalue weighted by atomic mass is 10.0. The van der Waals surface area contributed by atoms with E-state index in [1.54, 1.807) is 49.4 Å². The van der Waals surface area contributed by atoms with Crippen molar-refractivity contribution in [3.63, 3.8) is 0 Å². The fraction of sp³-hybridized carbons (Fsp3) is 0.115. The summed E-state index contributed by atoms with van der Waals surface area (Å²) in [5.74, 6) is -0.580. The van der Waals surface area contributed by atoms with E-state index >= 15 is 0 Å². The van der Waals surface area contributed by atoms with Gasteiger partial charge in [-0.15, -0.1) is 10.2 Å².